The van der Waals surface area contributed by atoms with Crippen molar-refractivity contribution in [3.05, 3.63) is 0 Å². The van der Waals surface area contributed by atoms with Crippen molar-refractivity contribution in [1.29, 1.82) is 0 Å². The van der Waals surface area contributed by atoms with Crippen LogP contribution in [0.5, 0.6) is 0 Å². The van der Waals surface area contributed by atoms with E-state index >= 15 is 0 Å². The number of rotatable bonds is 46. The number of esters is 7. The molecule has 0 radical (unpaired) electrons. The highest BCUT2D eigenvalue weighted by Crippen LogP contribution is 2.27. The highest BCUT2D eigenvalue weighted by molar-refractivity contribution is 9.09. The summed E-state index contributed by atoms with van der Waals surface area (Å²) in [7, 11) is 0. The molecule has 0 aromatic rings. The molecule has 0 rings (SSSR count). The summed E-state index contributed by atoms with van der Waals surface area (Å²) in [6.07, 6.45) is 20.8. The van der Waals surface area contributed by atoms with Crippen LogP contribution in [-0.2, 0) is 66.7 Å². The number of halogens is 1. The van der Waals surface area contributed by atoms with Gasteiger partial charge in [0.2, 0.25) is 5.60 Å². The van der Waals surface area contributed by atoms with E-state index in [1.165, 1.54) is 0 Å². The Morgan fingerprint density at radius 3 is 0.923 bits per heavy atom. The molecule has 65 heavy (non-hydrogen) atoms. The van der Waals surface area contributed by atoms with Crippen molar-refractivity contribution in [2.75, 3.05) is 45.0 Å². The summed E-state index contributed by atoms with van der Waals surface area (Å²) in [5, 5.41) is 0.655. The normalized spacial score (nSPS) is 11.1. The molecule has 15 heteroatoms. The Balaban J connectivity index is 5.37. The van der Waals surface area contributed by atoms with E-state index < -0.39 is 42.3 Å². The Kier molecular flexibility index (Phi) is 42.4. The molecule has 0 aliphatic carbocycles. The van der Waals surface area contributed by atoms with Gasteiger partial charge in [-0.25, -0.2) is 4.79 Å². The fraction of sp³-hybridized carbons (Fsp3) is 0.860. The first-order valence-electron chi connectivity index (χ1n) is 25.3. The second-order valence-electron chi connectivity index (χ2n) is 16.9. The molecule has 0 aliphatic heterocycles. The van der Waals surface area contributed by atoms with Crippen molar-refractivity contribution in [3.8, 4) is 0 Å². The number of hydrogen-bond donors (Lipinski definition) is 0. The Labute approximate surface area is 399 Å². The average Bonchev–Trinajstić information content (AvgIpc) is 3.28. The molecular formula is C50H87BrO14. The molecule has 0 unspecified atom stereocenters. The zero-order chi connectivity index (χ0) is 48.1. The quantitative estimate of drug-likeness (QED) is 0.0243. The maximum atomic E-state index is 13.9. The van der Waals surface area contributed by atoms with Gasteiger partial charge in [0.1, 0.15) is 0 Å². The summed E-state index contributed by atoms with van der Waals surface area (Å²) in [6, 6.07) is 0. The summed E-state index contributed by atoms with van der Waals surface area (Å²) < 4.78 is 38.3. The molecule has 0 aromatic heterocycles. The van der Waals surface area contributed by atoms with Crippen LogP contribution in [0, 0.1) is 0 Å². The fourth-order valence-electron chi connectivity index (χ4n) is 6.73. The minimum atomic E-state index is -2.30. The topological polar surface area (TPSA) is 184 Å². The molecule has 0 spiro atoms. The van der Waals surface area contributed by atoms with Crippen molar-refractivity contribution in [3.63, 3.8) is 0 Å². The van der Waals surface area contributed by atoms with Crippen LogP contribution in [0.2, 0.25) is 0 Å². The summed E-state index contributed by atoms with van der Waals surface area (Å²) >= 11 is 3.35. The van der Waals surface area contributed by atoms with E-state index in [-0.39, 0.29) is 44.1 Å². The van der Waals surface area contributed by atoms with Crippen molar-refractivity contribution < 1.29 is 66.7 Å². The van der Waals surface area contributed by atoms with Crippen molar-refractivity contribution in [2.45, 2.75) is 232 Å². The van der Waals surface area contributed by atoms with Crippen molar-refractivity contribution >= 4 is 57.7 Å². The SMILES string of the molecule is CCCCCCC(=O)OCCCCCCOC(=O)CC(CC(=O)OCCCCCCOC(=O)CCCCCC)(OC(=O)CCCCBr)C(=O)OCCCCCCOC(=O)CCCCCC. The standard InChI is InChI=1S/C50H87BrO14/c1-4-7-10-19-30-43(52)59-35-24-13-15-27-38-62-47(56)41-50(65-46(55)33-22-23-34-51,49(58)64-40-29-18-17-26-37-61-45(54)32-21-12-9-6-3)42-48(57)63-39-28-16-14-25-36-60-44(53)31-20-11-8-5-2/h4-42H2,1-3H3. The fourth-order valence-corrected chi connectivity index (χ4v) is 7.12. The van der Waals surface area contributed by atoms with E-state index in [9.17, 15) is 33.6 Å². The van der Waals surface area contributed by atoms with Crippen LogP contribution in [0.15, 0.2) is 0 Å². The molecule has 0 aromatic carbocycles. The van der Waals surface area contributed by atoms with Gasteiger partial charge in [-0.05, 0) is 109 Å². The minimum absolute atomic E-state index is 0.0388. The van der Waals surface area contributed by atoms with E-state index in [0.717, 1.165) is 96.3 Å². The molecule has 378 valence electrons. The van der Waals surface area contributed by atoms with Crippen LogP contribution < -0.4 is 0 Å². The maximum absolute atomic E-state index is 13.9. The van der Waals surface area contributed by atoms with Gasteiger partial charge < -0.3 is 33.2 Å². The zero-order valence-electron chi connectivity index (χ0n) is 40.7. The summed E-state index contributed by atoms with van der Waals surface area (Å²) in [4.78, 5) is 89.6. The van der Waals surface area contributed by atoms with E-state index in [4.69, 9.17) is 33.2 Å². The number of carbonyl (C=O) groups is 7. The van der Waals surface area contributed by atoms with Crippen LogP contribution >= 0.6 is 15.9 Å². The number of hydrogen-bond acceptors (Lipinski definition) is 14. The van der Waals surface area contributed by atoms with Gasteiger partial charge >= 0.3 is 41.8 Å². The molecule has 0 saturated heterocycles. The van der Waals surface area contributed by atoms with E-state index in [2.05, 4.69) is 36.7 Å². The van der Waals surface area contributed by atoms with Gasteiger partial charge in [-0.15, -0.1) is 0 Å². The second-order valence-corrected chi connectivity index (χ2v) is 17.7. The van der Waals surface area contributed by atoms with E-state index in [0.29, 0.717) is 115 Å². The van der Waals surface area contributed by atoms with Crippen LogP contribution in [0.4, 0.5) is 0 Å². The minimum Gasteiger partial charge on any atom is -0.466 e. The molecule has 0 heterocycles. The average molecular weight is 992 g/mol. The van der Waals surface area contributed by atoms with Gasteiger partial charge in [-0.1, -0.05) is 94.5 Å². The number of alkyl halides is 1. The number of ether oxygens (including phenoxy) is 7. The van der Waals surface area contributed by atoms with Crippen LogP contribution in [-0.4, -0.2) is 92.4 Å². The van der Waals surface area contributed by atoms with Gasteiger partial charge in [0.25, 0.3) is 0 Å². The van der Waals surface area contributed by atoms with Gasteiger partial charge in [0.15, 0.2) is 0 Å². The highest BCUT2D eigenvalue weighted by atomic mass is 79.9. The monoisotopic (exact) mass is 991 g/mol. The van der Waals surface area contributed by atoms with Gasteiger partial charge in [-0.3, -0.25) is 28.8 Å². The zero-order valence-corrected chi connectivity index (χ0v) is 42.3. The lowest BCUT2D eigenvalue weighted by atomic mass is 9.94. The lowest BCUT2D eigenvalue weighted by Crippen LogP contribution is -2.48. The molecule has 0 bridgehead atoms. The number of carbonyl (C=O) groups excluding carboxylic acids is 7. The van der Waals surface area contributed by atoms with E-state index in [1.54, 1.807) is 0 Å². The maximum Gasteiger partial charge on any atom is 0.351 e. The predicted octanol–water partition coefficient (Wildman–Crippen LogP) is 11.5. The molecule has 0 amide bonds. The van der Waals surface area contributed by atoms with Gasteiger partial charge in [-0.2, -0.15) is 0 Å². The summed E-state index contributed by atoms with van der Waals surface area (Å²) in [5.74, 6) is -4.03. The van der Waals surface area contributed by atoms with Crippen molar-refractivity contribution in [1.82, 2.24) is 0 Å². The highest BCUT2D eigenvalue weighted by Gasteiger charge is 2.49. The van der Waals surface area contributed by atoms with Gasteiger partial charge in [0.05, 0.1) is 52.5 Å². The lowest BCUT2D eigenvalue weighted by molar-refractivity contribution is -0.191. The van der Waals surface area contributed by atoms with E-state index in [1.807, 2.05) is 0 Å². The first kappa shape index (κ1) is 61.8. The molecule has 0 fully saturated rings. The lowest BCUT2D eigenvalue weighted by Gasteiger charge is -2.30. The predicted molar refractivity (Wildman–Crippen MR) is 253 cm³/mol. The summed E-state index contributed by atoms with van der Waals surface area (Å²) in [6.45, 7) is 7.36. The van der Waals surface area contributed by atoms with Crippen LogP contribution in [0.3, 0.4) is 0 Å². The molecule has 0 aliphatic rings. The van der Waals surface area contributed by atoms with Gasteiger partial charge in [0, 0.05) is 31.0 Å². The first-order chi connectivity index (χ1) is 31.5. The van der Waals surface area contributed by atoms with Crippen molar-refractivity contribution in [2.24, 2.45) is 0 Å². The third kappa shape index (κ3) is 38.6. The number of unbranched alkanes of at least 4 members (excludes halogenated alkanes) is 19. The molecule has 0 N–H and O–H groups in total. The largest absolute Gasteiger partial charge is 0.466 e. The Morgan fingerprint density at radius 1 is 0.323 bits per heavy atom. The third-order valence-corrected chi connectivity index (χ3v) is 11.2. The molecule has 0 saturated carbocycles. The summed E-state index contributed by atoms with van der Waals surface area (Å²) in [5.41, 5.74) is -2.30. The molecular weight excluding hydrogens is 904 g/mol. The Morgan fingerprint density at radius 2 is 0.600 bits per heavy atom. The second kappa shape index (κ2) is 44.6. The Hall–Kier alpha value is -3.23. The van der Waals surface area contributed by atoms with Crippen LogP contribution in [0.1, 0.15) is 226 Å². The third-order valence-electron chi connectivity index (χ3n) is 10.7. The van der Waals surface area contributed by atoms with Crippen LogP contribution in [0.25, 0.3) is 0 Å². The smallest absolute Gasteiger partial charge is 0.351 e. The molecule has 14 nitrogen and oxygen atoms in total. The first-order valence-corrected chi connectivity index (χ1v) is 26.4. The molecule has 0 atom stereocenters. The Bertz CT molecular complexity index is 1200.